The molecule has 4 nitrogen and oxygen atoms in total. The zero-order chi connectivity index (χ0) is 13.1. The fourth-order valence-electron chi connectivity index (χ4n) is 1.87. The number of hydrogen-bond acceptors (Lipinski definition) is 3. The average Bonchev–Trinajstić information content (AvgIpc) is 2.65. The molecule has 2 rings (SSSR count). The molecule has 0 saturated carbocycles. The highest BCUT2D eigenvalue weighted by atomic mass is 16.5. The Bertz CT molecular complexity index is 531. The molecular formula is C14H13NO3. The molecule has 1 atom stereocenters. The Kier molecular flexibility index (Phi) is 3.28. The lowest BCUT2D eigenvalue weighted by molar-refractivity contribution is -0.142. The summed E-state index contributed by atoms with van der Waals surface area (Å²) in [7, 11) is 1.29. The molecule has 18 heavy (non-hydrogen) atoms. The second-order valence-electron chi connectivity index (χ2n) is 3.95. The molecule has 1 saturated heterocycles. The lowest BCUT2D eigenvalue weighted by Gasteiger charge is -2.08. The number of benzene rings is 1. The smallest absolute Gasteiger partial charge is 0.319 e. The lowest BCUT2D eigenvalue weighted by atomic mass is 9.98. The molecule has 0 unspecified atom stereocenters. The van der Waals surface area contributed by atoms with Crippen molar-refractivity contribution in [3.8, 4) is 0 Å². The Labute approximate surface area is 105 Å². The Morgan fingerprint density at radius 3 is 2.67 bits per heavy atom. The molecule has 0 spiro atoms. The Morgan fingerprint density at radius 2 is 2.06 bits per heavy atom. The molecule has 4 heteroatoms. The first-order chi connectivity index (χ1) is 8.63. The van der Waals surface area contributed by atoms with Crippen LogP contribution in [0.2, 0.25) is 0 Å². The van der Waals surface area contributed by atoms with Crippen LogP contribution in [0.25, 0.3) is 6.08 Å². The van der Waals surface area contributed by atoms with E-state index in [0.717, 1.165) is 5.56 Å². The van der Waals surface area contributed by atoms with Gasteiger partial charge < -0.3 is 10.1 Å². The number of esters is 1. The number of nitrogens with one attached hydrogen (secondary N) is 1. The van der Waals surface area contributed by atoms with Gasteiger partial charge >= 0.3 is 5.97 Å². The number of hydrogen-bond donors (Lipinski definition) is 1. The predicted molar refractivity (Wildman–Crippen MR) is 67.2 cm³/mol. The number of ether oxygens (including phenoxy) is 1. The van der Waals surface area contributed by atoms with E-state index in [4.69, 9.17) is 0 Å². The summed E-state index contributed by atoms with van der Waals surface area (Å²) in [6.45, 7) is 3.67. The van der Waals surface area contributed by atoms with Gasteiger partial charge in [-0.1, -0.05) is 36.9 Å². The van der Waals surface area contributed by atoms with Gasteiger partial charge in [-0.2, -0.15) is 0 Å². The minimum absolute atomic E-state index is 0.306. The van der Waals surface area contributed by atoms with E-state index in [1.807, 2.05) is 30.3 Å². The highest BCUT2D eigenvalue weighted by Gasteiger charge is 2.37. The third-order valence-corrected chi connectivity index (χ3v) is 2.75. The maximum Gasteiger partial charge on any atom is 0.319 e. The van der Waals surface area contributed by atoms with Crippen molar-refractivity contribution in [3.05, 3.63) is 53.7 Å². The highest BCUT2D eigenvalue weighted by Crippen LogP contribution is 2.27. The van der Waals surface area contributed by atoms with Gasteiger partial charge in [0.25, 0.3) is 5.91 Å². The van der Waals surface area contributed by atoms with Gasteiger partial charge in [-0.15, -0.1) is 0 Å². The van der Waals surface area contributed by atoms with E-state index < -0.39 is 11.9 Å². The number of rotatable bonds is 2. The van der Waals surface area contributed by atoms with E-state index >= 15 is 0 Å². The molecule has 1 aromatic carbocycles. The molecule has 1 aromatic rings. The average molecular weight is 243 g/mol. The summed E-state index contributed by atoms with van der Waals surface area (Å²) in [5.74, 6) is -1.53. The first kappa shape index (κ1) is 12.1. The SMILES string of the molecule is C=C1NC(=O)/C(=C/c2ccccc2)[C@@H]1C(=O)OC. The summed E-state index contributed by atoms with van der Waals surface area (Å²) in [5, 5.41) is 2.55. The van der Waals surface area contributed by atoms with Crippen LogP contribution in [0.5, 0.6) is 0 Å². The van der Waals surface area contributed by atoms with Crippen molar-refractivity contribution >= 4 is 18.0 Å². The summed E-state index contributed by atoms with van der Waals surface area (Å²) in [4.78, 5) is 23.4. The topological polar surface area (TPSA) is 55.4 Å². The van der Waals surface area contributed by atoms with Crippen LogP contribution in [0.1, 0.15) is 5.56 Å². The quantitative estimate of drug-likeness (QED) is 0.632. The third kappa shape index (κ3) is 2.18. The first-order valence-electron chi connectivity index (χ1n) is 5.48. The predicted octanol–water partition coefficient (Wildman–Crippen LogP) is 1.50. The minimum atomic E-state index is -0.734. The van der Waals surface area contributed by atoms with Gasteiger partial charge in [0.05, 0.1) is 7.11 Å². The molecule has 0 bridgehead atoms. The van der Waals surface area contributed by atoms with E-state index in [9.17, 15) is 9.59 Å². The van der Waals surface area contributed by atoms with Crippen LogP contribution < -0.4 is 5.32 Å². The molecule has 1 N–H and O–H groups in total. The molecule has 0 aromatic heterocycles. The Morgan fingerprint density at radius 1 is 1.39 bits per heavy atom. The van der Waals surface area contributed by atoms with Crippen LogP contribution in [0.4, 0.5) is 0 Å². The fourth-order valence-corrected chi connectivity index (χ4v) is 1.87. The largest absolute Gasteiger partial charge is 0.468 e. The van der Waals surface area contributed by atoms with Crippen molar-refractivity contribution < 1.29 is 14.3 Å². The van der Waals surface area contributed by atoms with E-state index in [1.54, 1.807) is 6.08 Å². The zero-order valence-electron chi connectivity index (χ0n) is 9.97. The molecule has 1 fully saturated rings. The first-order valence-corrected chi connectivity index (χ1v) is 5.48. The molecule has 1 heterocycles. The molecular weight excluding hydrogens is 230 g/mol. The van der Waals surface area contributed by atoms with Crippen LogP contribution in [-0.4, -0.2) is 19.0 Å². The Hall–Kier alpha value is -2.36. The normalized spacial score (nSPS) is 20.9. The molecule has 1 aliphatic heterocycles. The van der Waals surface area contributed by atoms with Crippen molar-refractivity contribution in [2.24, 2.45) is 5.92 Å². The number of carbonyl (C=O) groups excluding carboxylic acids is 2. The van der Waals surface area contributed by atoms with E-state index in [2.05, 4.69) is 16.6 Å². The zero-order valence-corrected chi connectivity index (χ0v) is 9.97. The summed E-state index contributed by atoms with van der Waals surface area (Å²) in [6.07, 6.45) is 1.68. The summed E-state index contributed by atoms with van der Waals surface area (Å²) in [6, 6.07) is 9.32. The van der Waals surface area contributed by atoms with Gasteiger partial charge in [-0.05, 0) is 11.6 Å². The van der Waals surface area contributed by atoms with Gasteiger partial charge in [0, 0.05) is 11.3 Å². The number of methoxy groups -OCH3 is 1. The van der Waals surface area contributed by atoms with Gasteiger partial charge in [0.15, 0.2) is 0 Å². The fraction of sp³-hybridized carbons (Fsp3) is 0.143. The standard InChI is InChI=1S/C14H13NO3/c1-9-12(14(17)18-2)11(13(16)15-9)8-10-6-4-3-5-7-10/h3-8,12H,1H2,2H3,(H,15,16)/b11-8+/t12-/m1/s1. The van der Waals surface area contributed by atoms with Crippen LogP contribution >= 0.6 is 0 Å². The van der Waals surface area contributed by atoms with Gasteiger partial charge in [0.1, 0.15) is 5.92 Å². The maximum atomic E-state index is 11.8. The van der Waals surface area contributed by atoms with Gasteiger partial charge in [0.2, 0.25) is 0 Å². The third-order valence-electron chi connectivity index (χ3n) is 2.75. The second-order valence-corrected chi connectivity index (χ2v) is 3.95. The summed E-state index contributed by atoms with van der Waals surface area (Å²) >= 11 is 0. The van der Waals surface area contributed by atoms with E-state index in [1.165, 1.54) is 7.11 Å². The second kappa shape index (κ2) is 4.87. The number of amides is 1. The monoisotopic (exact) mass is 243 g/mol. The van der Waals surface area contributed by atoms with Crippen LogP contribution in [0, 0.1) is 5.92 Å². The van der Waals surface area contributed by atoms with Crippen molar-refractivity contribution in [2.75, 3.05) is 7.11 Å². The highest BCUT2D eigenvalue weighted by molar-refractivity contribution is 6.08. The minimum Gasteiger partial charge on any atom is -0.468 e. The molecule has 1 amide bonds. The van der Waals surface area contributed by atoms with E-state index in [-0.39, 0.29) is 5.91 Å². The lowest BCUT2D eigenvalue weighted by Crippen LogP contribution is -2.17. The van der Waals surface area contributed by atoms with Crippen LogP contribution in [0.15, 0.2) is 48.2 Å². The van der Waals surface area contributed by atoms with E-state index in [0.29, 0.717) is 11.3 Å². The molecule has 0 radical (unpaired) electrons. The van der Waals surface area contributed by atoms with Gasteiger partial charge in [-0.3, -0.25) is 9.59 Å². The van der Waals surface area contributed by atoms with Crippen LogP contribution in [-0.2, 0) is 14.3 Å². The summed E-state index contributed by atoms with van der Waals surface area (Å²) in [5.41, 5.74) is 1.57. The Balaban J connectivity index is 2.40. The molecule has 0 aliphatic carbocycles. The van der Waals surface area contributed by atoms with Gasteiger partial charge in [-0.25, -0.2) is 0 Å². The van der Waals surface area contributed by atoms with Crippen LogP contribution in [0.3, 0.4) is 0 Å². The van der Waals surface area contributed by atoms with Crippen molar-refractivity contribution in [1.82, 2.24) is 5.32 Å². The number of carbonyl (C=O) groups is 2. The maximum absolute atomic E-state index is 11.8. The van der Waals surface area contributed by atoms with Crippen molar-refractivity contribution in [1.29, 1.82) is 0 Å². The molecule has 1 aliphatic rings. The van der Waals surface area contributed by atoms with Crippen molar-refractivity contribution in [2.45, 2.75) is 0 Å². The van der Waals surface area contributed by atoms with Crippen molar-refractivity contribution in [3.63, 3.8) is 0 Å². The summed E-state index contributed by atoms with van der Waals surface area (Å²) < 4.78 is 4.69. The molecule has 92 valence electrons.